The summed E-state index contributed by atoms with van der Waals surface area (Å²) in [5, 5.41) is 0. The molecule has 0 saturated heterocycles. The number of furan rings is 1. The summed E-state index contributed by atoms with van der Waals surface area (Å²) in [6.45, 7) is 1.52. The largest absolute Gasteiger partial charge is 0.481 e. The van der Waals surface area contributed by atoms with Crippen LogP contribution in [0.15, 0.2) is 47.1 Å². The van der Waals surface area contributed by atoms with Gasteiger partial charge in [0.15, 0.2) is 6.10 Å². The molecule has 2 aromatic rings. The summed E-state index contributed by atoms with van der Waals surface area (Å²) < 4.78 is 23.2. The van der Waals surface area contributed by atoms with Crippen LogP contribution in [0.5, 0.6) is 5.75 Å². The number of carbonyl (C=O) groups excluding carboxylic acids is 2. The molecule has 1 heterocycles. The molecule has 122 valence electrons. The van der Waals surface area contributed by atoms with Crippen LogP contribution in [0.4, 0.5) is 4.39 Å². The van der Waals surface area contributed by atoms with Crippen LogP contribution < -0.4 is 15.6 Å². The van der Waals surface area contributed by atoms with Crippen molar-refractivity contribution in [1.29, 1.82) is 0 Å². The van der Waals surface area contributed by atoms with Crippen molar-refractivity contribution >= 4 is 11.8 Å². The Labute approximate surface area is 132 Å². The van der Waals surface area contributed by atoms with E-state index >= 15 is 0 Å². The normalized spacial score (nSPS) is 11.6. The van der Waals surface area contributed by atoms with Crippen LogP contribution in [0.1, 0.15) is 19.1 Å². The molecule has 0 spiro atoms. The molecule has 1 atom stereocenters. The van der Waals surface area contributed by atoms with Crippen molar-refractivity contribution in [3.8, 4) is 5.75 Å². The third-order valence-corrected chi connectivity index (χ3v) is 3.00. The Morgan fingerprint density at radius 3 is 2.61 bits per heavy atom. The number of carbonyl (C=O) groups is 2. The van der Waals surface area contributed by atoms with Gasteiger partial charge in [-0.25, -0.2) is 4.39 Å². The van der Waals surface area contributed by atoms with E-state index in [-0.39, 0.29) is 12.3 Å². The average molecular weight is 320 g/mol. The molecular formula is C16H17FN2O4. The lowest BCUT2D eigenvalue weighted by molar-refractivity contribution is -0.132. The highest BCUT2D eigenvalue weighted by Crippen LogP contribution is 2.12. The van der Waals surface area contributed by atoms with Gasteiger partial charge in [0.05, 0.1) is 6.26 Å². The number of hydrogen-bond acceptors (Lipinski definition) is 4. The Morgan fingerprint density at radius 1 is 1.22 bits per heavy atom. The summed E-state index contributed by atoms with van der Waals surface area (Å²) in [5.74, 6) is -0.194. The predicted molar refractivity (Wildman–Crippen MR) is 79.8 cm³/mol. The maximum absolute atomic E-state index is 12.8. The lowest BCUT2D eigenvalue weighted by Gasteiger charge is -2.15. The molecule has 0 aliphatic rings. The molecule has 1 aromatic carbocycles. The van der Waals surface area contributed by atoms with Crippen LogP contribution in [-0.2, 0) is 16.0 Å². The zero-order valence-corrected chi connectivity index (χ0v) is 12.5. The van der Waals surface area contributed by atoms with Crippen molar-refractivity contribution < 1.29 is 23.1 Å². The number of benzene rings is 1. The molecule has 6 nitrogen and oxygen atoms in total. The Morgan fingerprint density at radius 2 is 1.96 bits per heavy atom. The fraction of sp³-hybridized carbons (Fsp3) is 0.250. The summed E-state index contributed by atoms with van der Waals surface area (Å²) in [5.41, 5.74) is 4.58. The second-order valence-electron chi connectivity index (χ2n) is 4.83. The summed E-state index contributed by atoms with van der Waals surface area (Å²) in [4.78, 5) is 23.4. The first-order chi connectivity index (χ1) is 11.0. The number of aryl methyl sites for hydroxylation is 1. The molecule has 2 amide bonds. The minimum Gasteiger partial charge on any atom is -0.481 e. The summed E-state index contributed by atoms with van der Waals surface area (Å²) >= 11 is 0. The minimum atomic E-state index is -0.842. The van der Waals surface area contributed by atoms with Gasteiger partial charge in [-0.15, -0.1) is 0 Å². The van der Waals surface area contributed by atoms with Crippen molar-refractivity contribution in [3.63, 3.8) is 0 Å². The lowest BCUT2D eigenvalue weighted by atomic mass is 10.2. The quantitative estimate of drug-likeness (QED) is 0.797. The standard InChI is InChI=1S/C16H17FN2O4/c1-11(23-14-6-4-12(17)5-7-14)16(21)19-18-15(20)9-8-13-3-2-10-22-13/h2-7,10-11H,8-9H2,1H3,(H,18,20)(H,19,21). The fourth-order valence-electron chi connectivity index (χ4n) is 1.76. The number of rotatable bonds is 6. The zero-order chi connectivity index (χ0) is 16.7. The van der Waals surface area contributed by atoms with Gasteiger partial charge in [-0.2, -0.15) is 0 Å². The molecule has 1 unspecified atom stereocenters. The Bertz CT molecular complexity index is 641. The van der Waals surface area contributed by atoms with E-state index in [1.165, 1.54) is 37.5 Å². The third-order valence-electron chi connectivity index (χ3n) is 3.00. The molecule has 0 radical (unpaired) electrons. The fourth-order valence-corrected chi connectivity index (χ4v) is 1.76. The molecule has 2 rings (SSSR count). The van der Waals surface area contributed by atoms with E-state index in [1.54, 1.807) is 12.1 Å². The number of ether oxygens (including phenoxy) is 1. The number of halogens is 1. The van der Waals surface area contributed by atoms with Gasteiger partial charge in [0.25, 0.3) is 5.91 Å². The summed E-state index contributed by atoms with van der Waals surface area (Å²) in [6.07, 6.45) is 1.31. The van der Waals surface area contributed by atoms with E-state index in [2.05, 4.69) is 10.9 Å². The molecule has 0 bridgehead atoms. The van der Waals surface area contributed by atoms with Crippen molar-refractivity contribution in [3.05, 3.63) is 54.2 Å². The first-order valence-corrected chi connectivity index (χ1v) is 7.08. The first-order valence-electron chi connectivity index (χ1n) is 7.08. The Balaban J connectivity index is 1.70. The highest BCUT2D eigenvalue weighted by atomic mass is 19.1. The number of amides is 2. The lowest BCUT2D eigenvalue weighted by Crippen LogP contribution is -2.47. The molecule has 0 aliphatic heterocycles. The van der Waals surface area contributed by atoms with Gasteiger partial charge in [0.1, 0.15) is 17.3 Å². The maximum atomic E-state index is 12.8. The molecule has 0 aliphatic carbocycles. The second-order valence-corrected chi connectivity index (χ2v) is 4.83. The van der Waals surface area contributed by atoms with E-state index < -0.39 is 17.8 Å². The van der Waals surface area contributed by atoms with E-state index in [1.807, 2.05) is 0 Å². The average Bonchev–Trinajstić information content (AvgIpc) is 3.06. The second kappa shape index (κ2) is 7.98. The topological polar surface area (TPSA) is 80.6 Å². The number of hydrogen-bond donors (Lipinski definition) is 2. The predicted octanol–water partition coefficient (Wildman–Crippen LogP) is 1.97. The third kappa shape index (κ3) is 5.46. The van der Waals surface area contributed by atoms with Gasteiger partial charge in [0, 0.05) is 12.8 Å². The maximum Gasteiger partial charge on any atom is 0.279 e. The molecule has 2 N–H and O–H groups in total. The Hall–Kier alpha value is -2.83. The highest BCUT2D eigenvalue weighted by molar-refractivity contribution is 5.84. The molecule has 7 heteroatoms. The van der Waals surface area contributed by atoms with Crippen LogP contribution in [0.2, 0.25) is 0 Å². The van der Waals surface area contributed by atoms with Crippen LogP contribution in [0.3, 0.4) is 0 Å². The van der Waals surface area contributed by atoms with Gasteiger partial charge >= 0.3 is 0 Å². The molecule has 23 heavy (non-hydrogen) atoms. The van der Waals surface area contributed by atoms with Gasteiger partial charge in [-0.05, 0) is 43.3 Å². The van der Waals surface area contributed by atoms with Crippen molar-refractivity contribution in [2.24, 2.45) is 0 Å². The molecular weight excluding hydrogens is 303 g/mol. The van der Waals surface area contributed by atoms with Gasteiger partial charge in [-0.3, -0.25) is 20.4 Å². The first kappa shape index (κ1) is 16.5. The highest BCUT2D eigenvalue weighted by Gasteiger charge is 2.15. The monoisotopic (exact) mass is 320 g/mol. The van der Waals surface area contributed by atoms with Gasteiger partial charge in [-0.1, -0.05) is 0 Å². The minimum absolute atomic E-state index is 0.182. The van der Waals surface area contributed by atoms with Crippen molar-refractivity contribution in [2.45, 2.75) is 25.9 Å². The number of hydrazine groups is 1. The van der Waals surface area contributed by atoms with Crippen LogP contribution >= 0.6 is 0 Å². The van der Waals surface area contributed by atoms with E-state index in [0.29, 0.717) is 17.9 Å². The van der Waals surface area contributed by atoms with Crippen LogP contribution in [0.25, 0.3) is 0 Å². The Kier molecular flexibility index (Phi) is 5.74. The van der Waals surface area contributed by atoms with E-state index in [9.17, 15) is 14.0 Å². The van der Waals surface area contributed by atoms with Crippen molar-refractivity contribution in [1.82, 2.24) is 10.9 Å². The van der Waals surface area contributed by atoms with Gasteiger partial charge in [0.2, 0.25) is 5.91 Å². The molecule has 0 fully saturated rings. The smallest absolute Gasteiger partial charge is 0.279 e. The molecule has 0 saturated carbocycles. The summed E-state index contributed by atoms with van der Waals surface area (Å²) in [7, 11) is 0. The van der Waals surface area contributed by atoms with Crippen LogP contribution in [-0.4, -0.2) is 17.9 Å². The van der Waals surface area contributed by atoms with Gasteiger partial charge < -0.3 is 9.15 Å². The zero-order valence-electron chi connectivity index (χ0n) is 12.5. The van der Waals surface area contributed by atoms with Crippen LogP contribution in [0, 0.1) is 5.82 Å². The number of nitrogens with one attached hydrogen (secondary N) is 2. The van der Waals surface area contributed by atoms with Crippen molar-refractivity contribution in [2.75, 3.05) is 0 Å². The SMILES string of the molecule is CC(Oc1ccc(F)cc1)C(=O)NNC(=O)CCc1ccco1. The molecule has 1 aromatic heterocycles. The van der Waals surface area contributed by atoms with E-state index in [0.717, 1.165) is 0 Å². The van der Waals surface area contributed by atoms with E-state index in [4.69, 9.17) is 9.15 Å². The summed E-state index contributed by atoms with van der Waals surface area (Å²) in [6, 6.07) is 8.81.